The first-order chi connectivity index (χ1) is 12.3. The number of benzene rings is 1. The molecule has 0 aromatic heterocycles. The van der Waals surface area contributed by atoms with E-state index in [1.54, 1.807) is 20.8 Å². The van der Waals surface area contributed by atoms with Crippen molar-refractivity contribution in [3.63, 3.8) is 0 Å². The van der Waals surface area contributed by atoms with Crippen LogP contribution in [0, 0.1) is 0 Å². The molecule has 2 atom stereocenters. The van der Waals surface area contributed by atoms with Gasteiger partial charge in [-0.25, -0.2) is 9.69 Å². The highest BCUT2D eigenvalue weighted by Gasteiger charge is 2.53. The number of carbonyl (C=O) groups is 2. The van der Waals surface area contributed by atoms with Gasteiger partial charge in [-0.1, -0.05) is 56.3 Å². The molecule has 0 unspecified atom stereocenters. The van der Waals surface area contributed by atoms with Crippen LogP contribution in [0.25, 0.3) is 0 Å². The second-order valence-electron chi connectivity index (χ2n) is 7.54. The van der Waals surface area contributed by atoms with Gasteiger partial charge in [0.25, 0.3) is 5.91 Å². The molecule has 0 N–H and O–H groups in total. The molecule has 1 aliphatic heterocycles. The molecule has 5 nitrogen and oxygen atoms in total. The number of nitrogens with zero attached hydrogens (tertiary/aromatic N) is 1. The summed E-state index contributed by atoms with van der Waals surface area (Å²) >= 11 is 0. The zero-order valence-corrected chi connectivity index (χ0v) is 17.5. The molecule has 0 spiro atoms. The third kappa shape index (κ3) is 4.95. The minimum absolute atomic E-state index is 0.310. The predicted molar refractivity (Wildman–Crippen MR) is 104 cm³/mol. The second-order valence-corrected chi connectivity index (χ2v) is 11.0. The summed E-state index contributed by atoms with van der Waals surface area (Å²) < 4.78 is 11.3. The van der Waals surface area contributed by atoms with E-state index in [-0.39, 0.29) is 5.91 Å². The summed E-state index contributed by atoms with van der Waals surface area (Å²) in [5.41, 5.74) is 0.240. The lowest BCUT2D eigenvalue weighted by atomic mass is 9.91. The highest BCUT2D eigenvalue weighted by molar-refractivity contribution is 6.58. The minimum Gasteiger partial charge on any atom is -0.443 e. The third-order valence-corrected chi connectivity index (χ3v) is 7.44. The van der Waals surface area contributed by atoms with Crippen LogP contribution < -0.4 is 0 Å². The first-order valence-electron chi connectivity index (χ1n) is 9.34. The van der Waals surface area contributed by atoms with Gasteiger partial charge in [0.15, 0.2) is 6.10 Å². The number of amides is 2. The Labute approximate surface area is 158 Å². The molecule has 1 fully saturated rings. The van der Waals surface area contributed by atoms with Crippen molar-refractivity contribution < 1.29 is 19.1 Å². The molecular formula is C20H30NO4Si. The van der Waals surface area contributed by atoms with E-state index in [0.717, 1.165) is 11.6 Å². The number of ether oxygens (including phenoxy) is 2. The summed E-state index contributed by atoms with van der Waals surface area (Å²) in [7, 11) is -0.396. The van der Waals surface area contributed by atoms with Crippen LogP contribution in [0.5, 0.6) is 0 Å². The zero-order valence-electron chi connectivity index (χ0n) is 16.5. The summed E-state index contributed by atoms with van der Waals surface area (Å²) in [5, 5.41) is 0. The Morgan fingerprint density at radius 3 is 2.31 bits per heavy atom. The average molecular weight is 377 g/mol. The SMILES string of the molecule is CC[Si](CC)CCO[C@H]1C(=O)N(C(=O)OC(C)(C)C)[C@H]1c1ccccc1. The van der Waals surface area contributed by atoms with Crippen molar-refractivity contribution in [3.8, 4) is 0 Å². The Morgan fingerprint density at radius 1 is 1.15 bits per heavy atom. The molecule has 1 aromatic rings. The van der Waals surface area contributed by atoms with Crippen molar-refractivity contribution in [2.45, 2.75) is 70.5 Å². The minimum atomic E-state index is -0.649. The molecule has 0 saturated carbocycles. The van der Waals surface area contributed by atoms with E-state index in [4.69, 9.17) is 9.47 Å². The molecule has 1 radical (unpaired) electrons. The van der Waals surface area contributed by atoms with E-state index in [9.17, 15) is 9.59 Å². The largest absolute Gasteiger partial charge is 0.443 e. The van der Waals surface area contributed by atoms with Gasteiger partial charge in [0.05, 0.1) is 0 Å². The molecule has 0 bridgehead atoms. The molecule has 6 heteroatoms. The Balaban J connectivity index is 2.10. The van der Waals surface area contributed by atoms with Gasteiger partial charge in [-0.05, 0) is 32.4 Å². The van der Waals surface area contributed by atoms with Gasteiger partial charge < -0.3 is 9.47 Å². The molecule has 143 valence electrons. The lowest BCUT2D eigenvalue weighted by Gasteiger charge is -2.45. The number of imide groups is 1. The Kier molecular flexibility index (Phi) is 7.00. The second kappa shape index (κ2) is 8.82. The quantitative estimate of drug-likeness (QED) is 0.522. The van der Waals surface area contributed by atoms with Crippen molar-refractivity contribution in [2.24, 2.45) is 0 Å². The van der Waals surface area contributed by atoms with Crippen molar-refractivity contribution in [2.75, 3.05) is 6.61 Å². The smallest absolute Gasteiger partial charge is 0.417 e. The van der Waals surface area contributed by atoms with Crippen LogP contribution in [0.15, 0.2) is 30.3 Å². The van der Waals surface area contributed by atoms with E-state index in [0.29, 0.717) is 6.61 Å². The number of hydrogen-bond acceptors (Lipinski definition) is 4. The number of hydrogen-bond donors (Lipinski definition) is 0. The molecule has 2 amide bonds. The Bertz CT molecular complexity index is 610. The zero-order chi connectivity index (χ0) is 19.3. The van der Waals surface area contributed by atoms with Gasteiger partial charge in [0, 0.05) is 15.4 Å². The Morgan fingerprint density at radius 2 is 1.77 bits per heavy atom. The number of rotatable bonds is 7. The fourth-order valence-electron chi connectivity index (χ4n) is 3.05. The molecule has 0 aliphatic carbocycles. The molecule has 1 aliphatic rings. The highest BCUT2D eigenvalue weighted by Crippen LogP contribution is 2.38. The number of likely N-dealkylation sites (tertiary alicyclic amines) is 1. The normalized spacial score (nSPS) is 20.2. The maximum atomic E-state index is 12.6. The lowest BCUT2D eigenvalue weighted by molar-refractivity contribution is -0.171. The van der Waals surface area contributed by atoms with E-state index in [2.05, 4.69) is 13.8 Å². The maximum Gasteiger partial charge on any atom is 0.417 e. The van der Waals surface area contributed by atoms with E-state index in [1.807, 2.05) is 30.3 Å². The first kappa shape index (κ1) is 20.6. The lowest BCUT2D eigenvalue weighted by Crippen LogP contribution is -2.62. The Hall–Kier alpha value is -1.66. The predicted octanol–water partition coefficient (Wildman–Crippen LogP) is 4.42. The summed E-state index contributed by atoms with van der Waals surface area (Å²) in [6.07, 6.45) is -1.22. The maximum absolute atomic E-state index is 12.6. The van der Waals surface area contributed by atoms with Crippen LogP contribution >= 0.6 is 0 Å². The van der Waals surface area contributed by atoms with Crippen molar-refractivity contribution in [1.82, 2.24) is 4.90 Å². The monoisotopic (exact) mass is 376 g/mol. The molecule has 1 saturated heterocycles. The van der Waals surface area contributed by atoms with Gasteiger partial charge >= 0.3 is 6.09 Å². The van der Waals surface area contributed by atoms with Crippen molar-refractivity contribution >= 4 is 20.8 Å². The molecular weight excluding hydrogens is 346 g/mol. The van der Waals surface area contributed by atoms with Crippen molar-refractivity contribution in [1.29, 1.82) is 0 Å². The number of β-lactam (4-membered cyclic amide) rings is 1. The summed E-state index contributed by atoms with van der Waals surface area (Å²) in [6.45, 7) is 10.4. The van der Waals surface area contributed by atoms with Crippen LogP contribution in [0.2, 0.25) is 18.1 Å². The van der Waals surface area contributed by atoms with Crippen LogP contribution in [0.3, 0.4) is 0 Å². The van der Waals surface area contributed by atoms with Gasteiger partial charge in [-0.15, -0.1) is 0 Å². The molecule has 2 rings (SSSR count). The van der Waals surface area contributed by atoms with Gasteiger partial charge in [0.2, 0.25) is 0 Å². The van der Waals surface area contributed by atoms with Crippen molar-refractivity contribution in [3.05, 3.63) is 35.9 Å². The molecule has 1 heterocycles. The summed E-state index contributed by atoms with van der Waals surface area (Å²) in [6, 6.07) is 12.6. The van der Waals surface area contributed by atoms with Crippen LogP contribution in [0.1, 0.15) is 46.2 Å². The standard InChI is InChI=1S/C20H30NO4Si/c1-6-26(7-2)14-13-24-17-16(15-11-9-8-10-12-15)21(18(17)22)19(23)25-20(3,4)5/h8-12,16-17H,6-7,13-14H2,1-5H3/t16-,17+/m0/s1. The third-order valence-electron chi connectivity index (χ3n) is 4.53. The van der Waals surface area contributed by atoms with Gasteiger partial charge in [-0.2, -0.15) is 0 Å². The van der Waals surface area contributed by atoms with Gasteiger partial charge in [0.1, 0.15) is 11.6 Å². The molecule has 26 heavy (non-hydrogen) atoms. The van der Waals surface area contributed by atoms with E-state index < -0.39 is 32.6 Å². The average Bonchev–Trinajstić information content (AvgIpc) is 2.58. The van der Waals surface area contributed by atoms with Crippen LogP contribution in [-0.2, 0) is 14.3 Å². The van der Waals surface area contributed by atoms with Crippen LogP contribution in [0.4, 0.5) is 4.79 Å². The fourth-order valence-corrected chi connectivity index (χ4v) is 4.66. The van der Waals surface area contributed by atoms with E-state index in [1.165, 1.54) is 17.0 Å². The van der Waals surface area contributed by atoms with Gasteiger partial charge in [-0.3, -0.25) is 4.79 Å². The molecule has 1 aromatic carbocycles. The number of carbonyl (C=O) groups excluding carboxylic acids is 2. The fraction of sp³-hybridized carbons (Fsp3) is 0.600. The highest BCUT2D eigenvalue weighted by atomic mass is 28.3. The van der Waals surface area contributed by atoms with Crippen LogP contribution in [-0.4, -0.2) is 44.0 Å². The summed E-state index contributed by atoms with van der Waals surface area (Å²) in [4.78, 5) is 26.3. The first-order valence-corrected chi connectivity index (χ1v) is 11.5. The summed E-state index contributed by atoms with van der Waals surface area (Å²) in [5.74, 6) is -0.310. The topological polar surface area (TPSA) is 55.8 Å². The van der Waals surface area contributed by atoms with E-state index >= 15 is 0 Å².